The third-order valence-electron chi connectivity index (χ3n) is 10.7. The number of hydrogen-bond donors (Lipinski definition) is 0. The molecule has 2 aliphatic rings. The molecule has 2 aliphatic heterocycles. The van der Waals surface area contributed by atoms with E-state index < -0.39 is 36.6 Å². The molecular formula is C36H37B2NO4. The van der Waals surface area contributed by atoms with Gasteiger partial charge in [-0.1, -0.05) is 66.7 Å². The highest BCUT2D eigenvalue weighted by Gasteiger charge is 2.55. The van der Waals surface area contributed by atoms with Crippen molar-refractivity contribution in [1.29, 1.82) is 0 Å². The molecule has 216 valence electrons. The van der Waals surface area contributed by atoms with Crippen molar-refractivity contribution < 1.29 is 18.6 Å². The van der Waals surface area contributed by atoms with Crippen LogP contribution in [0.5, 0.6) is 0 Å². The number of aromatic nitrogens is 1. The van der Waals surface area contributed by atoms with Gasteiger partial charge < -0.3 is 23.2 Å². The normalized spacial score (nSPS) is 20.8. The molecule has 2 saturated heterocycles. The molecule has 8 rings (SSSR count). The Bertz CT molecular complexity index is 1900. The van der Waals surface area contributed by atoms with Gasteiger partial charge in [-0.3, -0.25) is 0 Å². The van der Waals surface area contributed by atoms with E-state index in [1.807, 2.05) is 0 Å². The number of hydrogen-bond acceptors (Lipinski definition) is 4. The minimum absolute atomic E-state index is 0.485. The molecule has 0 spiro atoms. The Labute approximate surface area is 253 Å². The molecule has 43 heavy (non-hydrogen) atoms. The summed E-state index contributed by atoms with van der Waals surface area (Å²) in [6, 6.07) is 28.3. The molecule has 5 nitrogen and oxygen atoms in total. The lowest BCUT2D eigenvalue weighted by Gasteiger charge is -2.32. The van der Waals surface area contributed by atoms with Gasteiger partial charge in [0, 0.05) is 27.4 Å². The van der Waals surface area contributed by atoms with Gasteiger partial charge in [0.15, 0.2) is 0 Å². The standard InChI is InChI=1S/C36H37B2NO4/c1-33(2)34(3,4)41-37(40-33)26-18-13-19-27(38-42-35(5,6)36(7,8)43-38)32(26)39-28-20-11-16-24-22-14-9-10-15-23(22)25-17-12-21-29(39)31(25)30(24)28/h9-21H,1-8H3. The first-order valence-electron chi connectivity index (χ1n) is 15.3. The van der Waals surface area contributed by atoms with Crippen molar-refractivity contribution in [3.8, 4) is 5.69 Å². The lowest BCUT2D eigenvalue weighted by Crippen LogP contribution is -2.45. The molecule has 0 amide bonds. The maximum atomic E-state index is 6.71. The van der Waals surface area contributed by atoms with Crippen LogP contribution in [-0.2, 0) is 18.6 Å². The van der Waals surface area contributed by atoms with Crippen LogP contribution >= 0.6 is 0 Å². The summed E-state index contributed by atoms with van der Waals surface area (Å²) in [6.45, 7) is 16.8. The van der Waals surface area contributed by atoms with E-state index in [0.717, 1.165) is 27.6 Å². The summed E-state index contributed by atoms with van der Waals surface area (Å²) in [5, 5.41) is 7.54. The van der Waals surface area contributed by atoms with Crippen molar-refractivity contribution in [2.24, 2.45) is 0 Å². The average Bonchev–Trinajstić information content (AvgIpc) is 3.49. The van der Waals surface area contributed by atoms with E-state index in [1.54, 1.807) is 0 Å². The van der Waals surface area contributed by atoms with Crippen LogP contribution in [0.25, 0.3) is 49.0 Å². The zero-order valence-corrected chi connectivity index (χ0v) is 26.2. The monoisotopic (exact) mass is 569 g/mol. The summed E-state index contributed by atoms with van der Waals surface area (Å²) >= 11 is 0. The second kappa shape index (κ2) is 8.64. The summed E-state index contributed by atoms with van der Waals surface area (Å²) in [4.78, 5) is 0. The van der Waals surface area contributed by atoms with Crippen LogP contribution in [0, 0.1) is 0 Å². The Morgan fingerprint density at radius 3 is 1.19 bits per heavy atom. The number of rotatable bonds is 3. The third-order valence-corrected chi connectivity index (χ3v) is 10.7. The van der Waals surface area contributed by atoms with Crippen LogP contribution in [0.15, 0.2) is 78.9 Å². The summed E-state index contributed by atoms with van der Waals surface area (Å²) in [5.41, 5.74) is 3.23. The van der Waals surface area contributed by atoms with E-state index in [2.05, 4.69) is 139 Å². The van der Waals surface area contributed by atoms with Crippen molar-refractivity contribution in [1.82, 2.24) is 4.57 Å². The van der Waals surface area contributed by atoms with Gasteiger partial charge >= 0.3 is 14.2 Å². The van der Waals surface area contributed by atoms with Crippen molar-refractivity contribution in [3.05, 3.63) is 78.9 Å². The van der Waals surface area contributed by atoms with Crippen LogP contribution in [0.4, 0.5) is 0 Å². The van der Waals surface area contributed by atoms with Crippen molar-refractivity contribution in [2.75, 3.05) is 0 Å². The number of nitrogens with zero attached hydrogens (tertiary/aromatic N) is 1. The second-order valence-corrected chi connectivity index (χ2v) is 14.2. The first kappa shape index (κ1) is 27.2. The molecule has 0 atom stereocenters. The molecule has 3 heterocycles. The molecule has 2 fully saturated rings. The average molecular weight is 569 g/mol. The van der Waals surface area contributed by atoms with Crippen molar-refractivity contribution >= 4 is 68.5 Å². The van der Waals surface area contributed by atoms with Gasteiger partial charge in [0.05, 0.1) is 33.4 Å². The lowest BCUT2D eigenvalue weighted by molar-refractivity contribution is 0.00578. The van der Waals surface area contributed by atoms with Crippen LogP contribution in [0.1, 0.15) is 55.4 Å². The van der Waals surface area contributed by atoms with E-state index in [4.69, 9.17) is 18.6 Å². The Morgan fingerprint density at radius 1 is 0.442 bits per heavy atom. The van der Waals surface area contributed by atoms with Crippen LogP contribution in [0.2, 0.25) is 0 Å². The minimum atomic E-state index is -0.566. The fourth-order valence-corrected chi connectivity index (χ4v) is 6.91. The first-order valence-corrected chi connectivity index (χ1v) is 15.3. The Kier molecular flexibility index (Phi) is 5.47. The number of para-hydroxylation sites is 1. The quantitative estimate of drug-likeness (QED) is 0.168. The zero-order chi connectivity index (χ0) is 30.1. The summed E-state index contributed by atoms with van der Waals surface area (Å²) in [7, 11) is -1.13. The lowest BCUT2D eigenvalue weighted by atomic mass is 9.69. The molecule has 0 bridgehead atoms. The summed E-state index contributed by atoms with van der Waals surface area (Å²) in [6.07, 6.45) is 0. The Morgan fingerprint density at radius 2 is 0.791 bits per heavy atom. The molecule has 1 aromatic heterocycles. The second-order valence-electron chi connectivity index (χ2n) is 14.2. The fraction of sp³-hybridized carbons (Fsp3) is 0.333. The highest BCUT2D eigenvalue weighted by Crippen LogP contribution is 2.44. The van der Waals surface area contributed by atoms with Crippen LogP contribution in [-0.4, -0.2) is 41.2 Å². The van der Waals surface area contributed by atoms with E-state index in [1.165, 1.54) is 32.3 Å². The molecule has 5 aromatic carbocycles. The minimum Gasteiger partial charge on any atom is -0.399 e. The van der Waals surface area contributed by atoms with Gasteiger partial charge in [-0.15, -0.1) is 0 Å². The molecule has 0 aliphatic carbocycles. The Hall–Kier alpha value is -3.35. The number of benzene rings is 5. The predicted octanol–water partition coefficient (Wildman–Crippen LogP) is 7.13. The smallest absolute Gasteiger partial charge is 0.399 e. The van der Waals surface area contributed by atoms with E-state index >= 15 is 0 Å². The highest BCUT2D eigenvalue weighted by molar-refractivity contribution is 6.68. The zero-order valence-electron chi connectivity index (χ0n) is 26.2. The van der Waals surface area contributed by atoms with Gasteiger partial charge in [-0.05, 0) is 89.1 Å². The molecule has 0 radical (unpaired) electrons. The Balaban J connectivity index is 1.49. The van der Waals surface area contributed by atoms with Crippen LogP contribution in [0.3, 0.4) is 0 Å². The van der Waals surface area contributed by atoms with Crippen molar-refractivity contribution in [2.45, 2.75) is 77.8 Å². The van der Waals surface area contributed by atoms with Crippen LogP contribution < -0.4 is 10.9 Å². The van der Waals surface area contributed by atoms with E-state index in [-0.39, 0.29) is 0 Å². The maximum absolute atomic E-state index is 6.71. The summed E-state index contributed by atoms with van der Waals surface area (Å²) in [5.74, 6) is 0. The van der Waals surface area contributed by atoms with Gasteiger partial charge in [0.25, 0.3) is 0 Å². The molecular weight excluding hydrogens is 532 g/mol. The third kappa shape index (κ3) is 3.63. The maximum Gasteiger partial charge on any atom is 0.496 e. The largest absolute Gasteiger partial charge is 0.496 e. The first-order chi connectivity index (χ1) is 20.3. The predicted molar refractivity (Wildman–Crippen MR) is 178 cm³/mol. The highest BCUT2D eigenvalue weighted by atomic mass is 16.7. The topological polar surface area (TPSA) is 41.9 Å². The van der Waals surface area contributed by atoms with Crippen molar-refractivity contribution in [3.63, 3.8) is 0 Å². The van der Waals surface area contributed by atoms with Gasteiger partial charge in [0.1, 0.15) is 0 Å². The van der Waals surface area contributed by atoms with E-state index in [9.17, 15) is 0 Å². The molecule has 6 aromatic rings. The molecule has 0 unspecified atom stereocenters. The fourth-order valence-electron chi connectivity index (χ4n) is 6.91. The summed E-state index contributed by atoms with van der Waals surface area (Å²) < 4.78 is 29.2. The van der Waals surface area contributed by atoms with E-state index in [0.29, 0.717) is 0 Å². The van der Waals surface area contributed by atoms with Gasteiger partial charge in [-0.2, -0.15) is 0 Å². The molecule has 7 heteroatoms. The van der Waals surface area contributed by atoms with Gasteiger partial charge in [0.2, 0.25) is 0 Å². The van der Waals surface area contributed by atoms with Gasteiger partial charge in [-0.25, -0.2) is 0 Å². The molecule has 0 N–H and O–H groups in total. The molecule has 0 saturated carbocycles. The SMILES string of the molecule is CC1(C)OB(c2cccc(B3OC(C)(C)C(C)(C)O3)c2-n2c3cccc4c5ccccc5c5cccc2c5c43)OC1(C)C. The number of fused-ring (bicyclic) bond motifs is 3.